The quantitative estimate of drug-likeness (QED) is 0.278. The molecule has 1 heterocycles. The van der Waals surface area contributed by atoms with Crippen LogP contribution in [0.1, 0.15) is 35.9 Å². The van der Waals surface area contributed by atoms with Gasteiger partial charge in [-0.1, -0.05) is 37.2 Å². The van der Waals surface area contributed by atoms with Crippen molar-refractivity contribution in [1.82, 2.24) is 14.8 Å². The van der Waals surface area contributed by atoms with Gasteiger partial charge in [0.2, 0.25) is 5.91 Å². The molecule has 32 heavy (non-hydrogen) atoms. The fourth-order valence-corrected chi connectivity index (χ4v) is 3.73. The molecule has 8 nitrogen and oxygen atoms in total. The number of benzene rings is 2. The number of esters is 1. The van der Waals surface area contributed by atoms with Gasteiger partial charge in [-0.2, -0.15) is 0 Å². The van der Waals surface area contributed by atoms with Gasteiger partial charge in [-0.3, -0.25) is 9.36 Å². The molecule has 0 radical (unpaired) electrons. The minimum absolute atomic E-state index is 0.147. The van der Waals surface area contributed by atoms with Crippen molar-refractivity contribution in [2.75, 3.05) is 24.8 Å². The van der Waals surface area contributed by atoms with Crippen LogP contribution in [0.25, 0.3) is 5.69 Å². The molecule has 3 rings (SSSR count). The van der Waals surface area contributed by atoms with Crippen molar-refractivity contribution in [3.05, 3.63) is 59.9 Å². The number of carbonyl (C=O) groups is 2. The third kappa shape index (κ3) is 5.88. The van der Waals surface area contributed by atoms with E-state index in [1.165, 1.54) is 11.8 Å². The molecule has 2 aromatic carbocycles. The number of hydrogen-bond donors (Lipinski definition) is 1. The van der Waals surface area contributed by atoms with Gasteiger partial charge in [-0.05, 0) is 49.7 Å². The molecule has 0 fully saturated rings. The van der Waals surface area contributed by atoms with Crippen LogP contribution in [-0.2, 0) is 9.53 Å². The maximum Gasteiger partial charge on any atom is 0.338 e. The lowest BCUT2D eigenvalue weighted by Crippen LogP contribution is -2.15. The zero-order valence-corrected chi connectivity index (χ0v) is 19.1. The Morgan fingerprint density at radius 1 is 1.09 bits per heavy atom. The average Bonchev–Trinajstić information content (AvgIpc) is 3.18. The Balaban J connectivity index is 1.60. The third-order valence-corrected chi connectivity index (χ3v) is 5.52. The van der Waals surface area contributed by atoms with Crippen molar-refractivity contribution >= 4 is 29.3 Å². The number of carbonyl (C=O) groups excluding carboxylic acids is 2. The summed E-state index contributed by atoms with van der Waals surface area (Å²) in [6, 6.07) is 14.2. The van der Waals surface area contributed by atoms with E-state index >= 15 is 0 Å². The normalized spacial score (nSPS) is 10.6. The first-order valence-electron chi connectivity index (χ1n) is 10.3. The Labute approximate surface area is 191 Å². The van der Waals surface area contributed by atoms with Crippen LogP contribution in [0.2, 0.25) is 0 Å². The van der Waals surface area contributed by atoms with Gasteiger partial charge in [0.25, 0.3) is 0 Å². The van der Waals surface area contributed by atoms with Gasteiger partial charge < -0.3 is 14.8 Å². The average molecular weight is 455 g/mol. The number of hydrogen-bond acceptors (Lipinski definition) is 7. The number of nitrogens with zero attached hydrogens (tertiary/aromatic N) is 3. The summed E-state index contributed by atoms with van der Waals surface area (Å²) in [7, 11) is 1.61. The van der Waals surface area contributed by atoms with Crippen LogP contribution in [0, 0.1) is 6.92 Å². The van der Waals surface area contributed by atoms with E-state index < -0.39 is 0 Å². The van der Waals surface area contributed by atoms with E-state index in [2.05, 4.69) is 15.5 Å². The molecule has 9 heteroatoms. The van der Waals surface area contributed by atoms with Crippen LogP contribution in [0.5, 0.6) is 5.75 Å². The van der Waals surface area contributed by atoms with Crippen LogP contribution in [-0.4, -0.2) is 46.1 Å². The lowest BCUT2D eigenvalue weighted by Gasteiger charge is -2.12. The Morgan fingerprint density at radius 3 is 2.56 bits per heavy atom. The van der Waals surface area contributed by atoms with E-state index in [0.29, 0.717) is 34.6 Å². The van der Waals surface area contributed by atoms with E-state index in [0.717, 1.165) is 18.5 Å². The first-order valence-corrected chi connectivity index (χ1v) is 11.3. The summed E-state index contributed by atoms with van der Waals surface area (Å²) in [4.78, 5) is 24.4. The van der Waals surface area contributed by atoms with Crippen molar-refractivity contribution < 1.29 is 19.1 Å². The predicted molar refractivity (Wildman–Crippen MR) is 124 cm³/mol. The molecule has 0 aliphatic carbocycles. The molecule has 0 bridgehead atoms. The van der Waals surface area contributed by atoms with Crippen molar-refractivity contribution in [2.45, 2.75) is 31.8 Å². The summed E-state index contributed by atoms with van der Waals surface area (Å²) in [6.07, 6.45) is 1.80. The number of nitrogens with one attached hydrogen (secondary N) is 1. The van der Waals surface area contributed by atoms with E-state index in [4.69, 9.17) is 9.47 Å². The largest absolute Gasteiger partial charge is 0.495 e. The second-order valence-electron chi connectivity index (χ2n) is 6.94. The Morgan fingerprint density at radius 2 is 1.84 bits per heavy atom. The van der Waals surface area contributed by atoms with E-state index in [9.17, 15) is 9.59 Å². The topological polar surface area (TPSA) is 95.3 Å². The predicted octanol–water partition coefficient (Wildman–Crippen LogP) is 4.27. The van der Waals surface area contributed by atoms with Crippen molar-refractivity contribution in [2.24, 2.45) is 0 Å². The monoisotopic (exact) mass is 454 g/mol. The molecule has 0 spiro atoms. The summed E-state index contributed by atoms with van der Waals surface area (Å²) < 4.78 is 12.5. The molecule has 0 aliphatic heterocycles. The lowest BCUT2D eigenvalue weighted by molar-refractivity contribution is -0.113. The molecule has 0 saturated carbocycles. The number of aryl methyl sites for hydroxylation is 1. The number of ether oxygens (including phenoxy) is 2. The number of amides is 1. The number of para-hydroxylation sites is 2. The van der Waals surface area contributed by atoms with Crippen LogP contribution in [0.3, 0.4) is 0 Å². The number of aromatic nitrogens is 3. The Kier molecular flexibility index (Phi) is 8.27. The maximum atomic E-state index is 12.5. The lowest BCUT2D eigenvalue weighted by atomic mass is 10.2. The van der Waals surface area contributed by atoms with Crippen LogP contribution in [0.15, 0.2) is 53.7 Å². The molecule has 1 N–H and O–H groups in total. The Hall–Kier alpha value is -3.33. The smallest absolute Gasteiger partial charge is 0.338 e. The molecule has 1 amide bonds. The molecular weight excluding hydrogens is 428 g/mol. The Bertz CT molecular complexity index is 1070. The first kappa shape index (κ1) is 23.3. The second-order valence-corrected chi connectivity index (χ2v) is 7.88. The molecule has 0 atom stereocenters. The standard InChI is InChI=1S/C23H26N4O4S/c1-4-5-14-31-22(29)17-10-12-18(13-11-17)24-21(28)15-32-23-26-25-16(2)27(23)19-8-6-7-9-20(19)30-3/h6-13H,4-5,14-15H2,1-3H3,(H,24,28). The minimum Gasteiger partial charge on any atom is -0.495 e. The maximum absolute atomic E-state index is 12.5. The highest BCUT2D eigenvalue weighted by Crippen LogP contribution is 2.28. The van der Waals surface area contributed by atoms with Crippen LogP contribution in [0.4, 0.5) is 5.69 Å². The van der Waals surface area contributed by atoms with Crippen molar-refractivity contribution in [3.63, 3.8) is 0 Å². The van der Waals surface area contributed by atoms with Gasteiger partial charge in [0.15, 0.2) is 5.16 Å². The highest BCUT2D eigenvalue weighted by Gasteiger charge is 2.16. The molecule has 168 valence electrons. The molecule has 0 saturated heterocycles. The summed E-state index contributed by atoms with van der Waals surface area (Å²) in [5.74, 6) is 0.973. The van der Waals surface area contributed by atoms with E-state index in [1.807, 2.05) is 42.7 Å². The number of methoxy groups -OCH3 is 1. The first-order chi connectivity index (χ1) is 15.5. The van der Waals surface area contributed by atoms with E-state index in [1.54, 1.807) is 31.4 Å². The number of anilines is 1. The number of thioether (sulfide) groups is 1. The highest BCUT2D eigenvalue weighted by molar-refractivity contribution is 7.99. The van der Waals surface area contributed by atoms with E-state index in [-0.39, 0.29) is 17.6 Å². The summed E-state index contributed by atoms with van der Waals surface area (Å²) in [6.45, 7) is 4.29. The van der Waals surface area contributed by atoms with Gasteiger partial charge in [0.1, 0.15) is 11.6 Å². The molecule has 0 aliphatic rings. The van der Waals surface area contributed by atoms with Gasteiger partial charge in [-0.25, -0.2) is 4.79 Å². The van der Waals surface area contributed by atoms with Gasteiger partial charge in [0.05, 0.1) is 30.7 Å². The van der Waals surface area contributed by atoms with Gasteiger partial charge in [0, 0.05) is 5.69 Å². The molecule has 3 aromatic rings. The molecule has 1 aromatic heterocycles. The zero-order chi connectivity index (χ0) is 22.9. The summed E-state index contributed by atoms with van der Waals surface area (Å²) >= 11 is 1.28. The van der Waals surface area contributed by atoms with Crippen molar-refractivity contribution in [3.8, 4) is 11.4 Å². The second kappa shape index (κ2) is 11.3. The summed E-state index contributed by atoms with van der Waals surface area (Å²) in [5.41, 5.74) is 1.86. The number of rotatable bonds is 10. The van der Waals surface area contributed by atoms with Gasteiger partial charge in [-0.15, -0.1) is 10.2 Å². The summed E-state index contributed by atoms with van der Waals surface area (Å²) in [5, 5.41) is 11.8. The van der Waals surface area contributed by atoms with Crippen LogP contribution < -0.4 is 10.1 Å². The third-order valence-electron chi connectivity index (χ3n) is 4.59. The molecular formula is C23H26N4O4S. The fourth-order valence-electron chi connectivity index (χ4n) is 2.94. The van der Waals surface area contributed by atoms with Gasteiger partial charge >= 0.3 is 5.97 Å². The van der Waals surface area contributed by atoms with Crippen molar-refractivity contribution in [1.29, 1.82) is 0 Å². The molecule has 0 unspecified atom stereocenters. The fraction of sp³-hybridized carbons (Fsp3) is 0.304. The highest BCUT2D eigenvalue weighted by atomic mass is 32.2. The number of unbranched alkanes of at least 4 members (excludes halogenated alkanes) is 1. The minimum atomic E-state index is -0.363. The SMILES string of the molecule is CCCCOC(=O)c1ccc(NC(=O)CSc2nnc(C)n2-c2ccccc2OC)cc1. The zero-order valence-electron chi connectivity index (χ0n) is 18.3. The van der Waals surface area contributed by atoms with Crippen LogP contribution >= 0.6 is 11.8 Å².